The van der Waals surface area contributed by atoms with Crippen LogP contribution in [0.25, 0.3) is 0 Å². The molecule has 2 aromatic carbocycles. The van der Waals surface area contributed by atoms with Crippen LogP contribution in [0.2, 0.25) is 5.02 Å². The standard InChI is InChI=1S/C20H22ClFN2O3/c1-4-5-9-24(3)20(26)27-18-13(2)10-14(21)11-17(18)19(25)23-16-8-6-7-15(22)12-16/h6-8,10-12H,4-5,9H2,1-3H3,(H,23,25). The van der Waals surface area contributed by atoms with Gasteiger partial charge in [0, 0.05) is 24.3 Å². The highest BCUT2D eigenvalue weighted by Crippen LogP contribution is 2.29. The fourth-order valence-corrected chi connectivity index (χ4v) is 2.72. The third-order valence-corrected chi connectivity index (χ3v) is 4.13. The third-order valence-electron chi connectivity index (χ3n) is 3.91. The molecule has 0 atom stereocenters. The molecule has 2 rings (SSSR count). The first kappa shape index (κ1) is 20.7. The number of nitrogens with one attached hydrogen (secondary N) is 1. The van der Waals surface area contributed by atoms with Gasteiger partial charge in [0.15, 0.2) is 0 Å². The van der Waals surface area contributed by atoms with Crippen molar-refractivity contribution in [2.45, 2.75) is 26.7 Å². The van der Waals surface area contributed by atoms with Crippen molar-refractivity contribution >= 4 is 29.3 Å². The number of anilines is 1. The van der Waals surface area contributed by atoms with Gasteiger partial charge in [0.05, 0.1) is 5.56 Å². The number of carbonyl (C=O) groups excluding carboxylic acids is 2. The summed E-state index contributed by atoms with van der Waals surface area (Å²) in [6.07, 6.45) is 1.23. The van der Waals surface area contributed by atoms with Crippen molar-refractivity contribution in [2.24, 2.45) is 0 Å². The van der Waals surface area contributed by atoms with Crippen LogP contribution in [0.3, 0.4) is 0 Å². The summed E-state index contributed by atoms with van der Waals surface area (Å²) in [5.41, 5.74) is 0.931. The number of rotatable bonds is 6. The molecular weight excluding hydrogens is 371 g/mol. The van der Waals surface area contributed by atoms with E-state index in [0.717, 1.165) is 12.8 Å². The summed E-state index contributed by atoms with van der Waals surface area (Å²) in [6, 6.07) is 8.53. The second kappa shape index (κ2) is 9.37. The number of hydrogen-bond acceptors (Lipinski definition) is 3. The Kier molecular flexibility index (Phi) is 7.19. The van der Waals surface area contributed by atoms with Gasteiger partial charge in [-0.2, -0.15) is 0 Å². The van der Waals surface area contributed by atoms with Gasteiger partial charge in [-0.1, -0.05) is 31.0 Å². The van der Waals surface area contributed by atoms with Crippen molar-refractivity contribution in [1.29, 1.82) is 0 Å². The number of halogens is 2. The molecule has 0 aliphatic rings. The first-order valence-electron chi connectivity index (χ1n) is 8.61. The predicted molar refractivity (Wildman–Crippen MR) is 104 cm³/mol. The monoisotopic (exact) mass is 392 g/mol. The molecule has 0 saturated carbocycles. The lowest BCUT2D eigenvalue weighted by Crippen LogP contribution is -2.31. The maximum Gasteiger partial charge on any atom is 0.414 e. The first-order chi connectivity index (χ1) is 12.8. The molecule has 7 heteroatoms. The van der Waals surface area contributed by atoms with Gasteiger partial charge in [-0.15, -0.1) is 0 Å². The average molecular weight is 393 g/mol. The van der Waals surface area contributed by atoms with Crippen molar-refractivity contribution in [1.82, 2.24) is 4.90 Å². The first-order valence-corrected chi connectivity index (χ1v) is 8.99. The SMILES string of the molecule is CCCCN(C)C(=O)Oc1c(C)cc(Cl)cc1C(=O)Nc1cccc(F)c1. The molecule has 0 unspecified atom stereocenters. The topological polar surface area (TPSA) is 58.6 Å². The van der Waals surface area contributed by atoms with Crippen LogP contribution in [0.1, 0.15) is 35.7 Å². The van der Waals surface area contributed by atoms with Crippen LogP contribution in [0.5, 0.6) is 5.75 Å². The molecule has 144 valence electrons. The van der Waals surface area contributed by atoms with Crippen molar-refractivity contribution in [2.75, 3.05) is 18.9 Å². The normalized spacial score (nSPS) is 10.4. The molecule has 0 spiro atoms. The van der Waals surface area contributed by atoms with Crippen molar-refractivity contribution in [3.05, 3.63) is 58.4 Å². The lowest BCUT2D eigenvalue weighted by atomic mass is 10.1. The fourth-order valence-electron chi connectivity index (χ4n) is 2.45. The Morgan fingerprint density at radius 2 is 2.00 bits per heavy atom. The minimum atomic E-state index is -0.561. The number of benzene rings is 2. The molecule has 5 nitrogen and oxygen atoms in total. The van der Waals surface area contributed by atoms with E-state index < -0.39 is 17.8 Å². The van der Waals surface area contributed by atoms with Gasteiger partial charge in [0.1, 0.15) is 11.6 Å². The van der Waals surface area contributed by atoms with Crippen LogP contribution >= 0.6 is 11.6 Å². The second-order valence-corrected chi connectivity index (χ2v) is 6.64. The van der Waals surface area contributed by atoms with Gasteiger partial charge in [-0.25, -0.2) is 9.18 Å². The second-order valence-electron chi connectivity index (χ2n) is 6.21. The zero-order valence-electron chi connectivity index (χ0n) is 15.5. The number of aryl methyl sites for hydroxylation is 1. The van der Waals surface area contributed by atoms with Crippen LogP contribution in [0.4, 0.5) is 14.9 Å². The molecule has 0 saturated heterocycles. The van der Waals surface area contributed by atoms with E-state index in [-0.39, 0.29) is 17.0 Å². The Balaban J connectivity index is 2.27. The molecule has 0 fully saturated rings. The van der Waals surface area contributed by atoms with Gasteiger partial charge in [0.2, 0.25) is 0 Å². The number of hydrogen-bond donors (Lipinski definition) is 1. The Labute approximate surface area is 163 Å². The molecule has 2 amide bonds. The summed E-state index contributed by atoms with van der Waals surface area (Å²) >= 11 is 6.07. The van der Waals surface area contributed by atoms with Crippen LogP contribution in [-0.4, -0.2) is 30.5 Å². The summed E-state index contributed by atoms with van der Waals surface area (Å²) in [4.78, 5) is 26.4. The van der Waals surface area contributed by atoms with Crippen LogP contribution in [0.15, 0.2) is 36.4 Å². The molecule has 2 aromatic rings. The quantitative estimate of drug-likeness (QED) is 0.728. The maximum absolute atomic E-state index is 13.3. The highest BCUT2D eigenvalue weighted by atomic mass is 35.5. The molecule has 0 aromatic heterocycles. The van der Waals surface area contributed by atoms with Crippen LogP contribution < -0.4 is 10.1 Å². The maximum atomic E-state index is 13.3. The van der Waals surface area contributed by atoms with E-state index in [1.807, 2.05) is 6.92 Å². The lowest BCUT2D eigenvalue weighted by molar-refractivity contribution is 0.102. The van der Waals surface area contributed by atoms with Crippen molar-refractivity contribution in [3.8, 4) is 5.75 Å². The Morgan fingerprint density at radius 3 is 2.67 bits per heavy atom. The summed E-state index contributed by atoms with van der Waals surface area (Å²) in [5, 5.41) is 2.92. The van der Waals surface area contributed by atoms with E-state index in [0.29, 0.717) is 17.1 Å². The van der Waals surface area contributed by atoms with E-state index in [4.69, 9.17) is 16.3 Å². The molecule has 1 N–H and O–H groups in total. The molecule has 27 heavy (non-hydrogen) atoms. The van der Waals surface area contributed by atoms with E-state index in [1.54, 1.807) is 26.1 Å². The van der Waals surface area contributed by atoms with Gasteiger partial charge in [-0.05, 0) is 49.2 Å². The van der Waals surface area contributed by atoms with E-state index in [2.05, 4.69) is 5.32 Å². The summed E-state index contributed by atoms with van der Waals surface area (Å²) in [6.45, 7) is 4.27. The van der Waals surface area contributed by atoms with Crippen LogP contribution in [0, 0.1) is 12.7 Å². The molecule has 0 radical (unpaired) electrons. The van der Waals surface area contributed by atoms with Crippen molar-refractivity contribution in [3.63, 3.8) is 0 Å². The number of amides is 2. The molecule has 0 bridgehead atoms. The zero-order chi connectivity index (χ0) is 20.0. The van der Waals surface area contributed by atoms with Gasteiger partial charge < -0.3 is 15.0 Å². The van der Waals surface area contributed by atoms with Crippen LogP contribution in [-0.2, 0) is 0 Å². The highest BCUT2D eigenvalue weighted by molar-refractivity contribution is 6.31. The lowest BCUT2D eigenvalue weighted by Gasteiger charge is -2.19. The minimum absolute atomic E-state index is 0.0986. The summed E-state index contributed by atoms with van der Waals surface area (Å²) in [7, 11) is 1.63. The third kappa shape index (κ3) is 5.69. The number of unbranched alkanes of at least 4 members (excludes halogenated alkanes) is 1. The van der Waals surface area contributed by atoms with E-state index in [9.17, 15) is 14.0 Å². The van der Waals surface area contributed by atoms with E-state index >= 15 is 0 Å². The van der Waals surface area contributed by atoms with E-state index in [1.165, 1.54) is 29.2 Å². The number of ether oxygens (including phenoxy) is 1. The summed E-state index contributed by atoms with van der Waals surface area (Å²) < 4.78 is 18.8. The van der Waals surface area contributed by atoms with Gasteiger partial charge in [0.25, 0.3) is 5.91 Å². The largest absolute Gasteiger partial charge is 0.414 e. The molecular formula is C20H22ClFN2O3. The van der Waals surface area contributed by atoms with Crippen molar-refractivity contribution < 1.29 is 18.7 Å². The summed E-state index contributed by atoms with van der Waals surface area (Å²) in [5.74, 6) is -0.897. The highest BCUT2D eigenvalue weighted by Gasteiger charge is 2.21. The Hall–Kier alpha value is -2.60. The fraction of sp³-hybridized carbons (Fsp3) is 0.300. The van der Waals surface area contributed by atoms with Gasteiger partial charge in [-0.3, -0.25) is 4.79 Å². The minimum Gasteiger partial charge on any atom is -0.409 e. The molecule has 0 aliphatic heterocycles. The molecule has 0 heterocycles. The average Bonchev–Trinajstić information content (AvgIpc) is 2.61. The van der Waals surface area contributed by atoms with Gasteiger partial charge >= 0.3 is 6.09 Å². The number of nitrogens with zero attached hydrogens (tertiary/aromatic N) is 1. The number of carbonyl (C=O) groups is 2. The molecule has 0 aliphatic carbocycles. The Bertz CT molecular complexity index is 842. The predicted octanol–water partition coefficient (Wildman–Crippen LogP) is 5.27. The smallest absolute Gasteiger partial charge is 0.409 e. The zero-order valence-corrected chi connectivity index (χ0v) is 16.3. The Morgan fingerprint density at radius 1 is 1.26 bits per heavy atom.